The first kappa shape index (κ1) is 6.01. The lowest BCUT2D eigenvalue weighted by molar-refractivity contribution is 0.496. The van der Waals surface area contributed by atoms with Gasteiger partial charge < -0.3 is 0 Å². The molecule has 0 radical (unpaired) electrons. The summed E-state index contributed by atoms with van der Waals surface area (Å²) in [6.07, 6.45) is 0. The number of hydrogen-bond donors (Lipinski definition) is 1. The van der Waals surface area contributed by atoms with E-state index in [4.69, 9.17) is 5.84 Å². The Hall–Kier alpha value is -1.12. The molecule has 1 aliphatic heterocycles. The van der Waals surface area contributed by atoms with Crippen molar-refractivity contribution in [3.8, 4) is 0 Å². The first-order valence-electron chi connectivity index (χ1n) is 2.55. The van der Waals surface area contributed by atoms with Gasteiger partial charge in [-0.2, -0.15) is 0 Å². The first-order valence-corrected chi connectivity index (χ1v) is 2.55. The van der Waals surface area contributed by atoms with Crippen LogP contribution in [0, 0.1) is 0 Å². The van der Waals surface area contributed by atoms with E-state index in [1.165, 1.54) is 5.01 Å². The van der Waals surface area contributed by atoms with Crippen molar-refractivity contribution in [1.29, 1.82) is 0 Å². The van der Waals surface area contributed by atoms with Gasteiger partial charge in [-0.3, -0.25) is 5.01 Å². The summed E-state index contributed by atoms with van der Waals surface area (Å²) in [6, 6.07) is 0. The molecule has 0 atom stereocenters. The second-order valence-electron chi connectivity index (χ2n) is 1.84. The van der Waals surface area contributed by atoms with Gasteiger partial charge in [-0.25, -0.2) is 15.6 Å². The second-order valence-corrected chi connectivity index (χ2v) is 1.84. The molecule has 4 heteroatoms. The van der Waals surface area contributed by atoms with Crippen molar-refractivity contribution < 1.29 is 4.79 Å². The molecule has 0 bridgehead atoms. The zero-order chi connectivity index (χ0) is 6.85. The minimum atomic E-state index is 0.370. The summed E-state index contributed by atoms with van der Waals surface area (Å²) in [4.78, 5) is 13.7. The Morgan fingerprint density at radius 2 is 2.56 bits per heavy atom. The predicted molar refractivity (Wildman–Crippen MR) is 33.2 cm³/mol. The van der Waals surface area contributed by atoms with E-state index in [1.807, 2.05) is 0 Å². The standard InChI is InChI=1S/C5H7N3O/c1-4-7-5(3-9)2-8(4)6/h2,6H2,1H3. The summed E-state index contributed by atoms with van der Waals surface area (Å²) in [5.41, 5.74) is 0.370. The predicted octanol–water partition coefficient (Wildman–Crippen LogP) is -0.690. The SMILES string of the molecule is CC1=NC(=C=O)CN1N. The maximum Gasteiger partial charge on any atom is 0.150 e. The van der Waals surface area contributed by atoms with Gasteiger partial charge in [-0.15, -0.1) is 0 Å². The topological polar surface area (TPSA) is 58.7 Å². The van der Waals surface area contributed by atoms with Crippen LogP contribution >= 0.6 is 0 Å². The molecule has 0 aliphatic carbocycles. The molecule has 0 unspecified atom stereocenters. The van der Waals surface area contributed by atoms with E-state index in [9.17, 15) is 4.79 Å². The molecular weight excluding hydrogens is 118 g/mol. The molecule has 2 N–H and O–H groups in total. The van der Waals surface area contributed by atoms with E-state index in [-0.39, 0.29) is 0 Å². The van der Waals surface area contributed by atoms with Crippen molar-refractivity contribution in [3.05, 3.63) is 5.70 Å². The molecule has 1 heterocycles. The van der Waals surface area contributed by atoms with Crippen molar-refractivity contribution in [3.63, 3.8) is 0 Å². The quantitative estimate of drug-likeness (QED) is 0.344. The van der Waals surface area contributed by atoms with Crippen molar-refractivity contribution in [2.45, 2.75) is 6.92 Å². The van der Waals surface area contributed by atoms with E-state index < -0.39 is 0 Å². The van der Waals surface area contributed by atoms with Gasteiger partial charge in [0.2, 0.25) is 0 Å². The number of amidine groups is 1. The average molecular weight is 125 g/mol. The highest BCUT2D eigenvalue weighted by atomic mass is 16.1. The lowest BCUT2D eigenvalue weighted by Crippen LogP contribution is -2.32. The van der Waals surface area contributed by atoms with Crippen LogP contribution in [0.4, 0.5) is 0 Å². The van der Waals surface area contributed by atoms with Crippen LogP contribution < -0.4 is 5.84 Å². The summed E-state index contributed by atoms with van der Waals surface area (Å²) in [6.45, 7) is 2.12. The van der Waals surface area contributed by atoms with Gasteiger partial charge in [0.25, 0.3) is 0 Å². The van der Waals surface area contributed by atoms with Gasteiger partial charge in [-0.05, 0) is 6.92 Å². The Labute approximate surface area is 52.6 Å². The molecule has 0 fully saturated rings. The monoisotopic (exact) mass is 125 g/mol. The fourth-order valence-electron chi connectivity index (χ4n) is 0.626. The number of rotatable bonds is 0. The van der Waals surface area contributed by atoms with E-state index in [0.29, 0.717) is 18.1 Å². The van der Waals surface area contributed by atoms with E-state index in [0.717, 1.165) is 0 Å². The van der Waals surface area contributed by atoms with Crippen LogP contribution in [0.3, 0.4) is 0 Å². The number of hydrogen-bond acceptors (Lipinski definition) is 4. The lowest BCUT2D eigenvalue weighted by Gasteiger charge is -2.06. The van der Waals surface area contributed by atoms with Crippen LogP contribution in [-0.2, 0) is 4.79 Å². The van der Waals surface area contributed by atoms with Crippen LogP contribution in [0.2, 0.25) is 0 Å². The summed E-state index contributed by atoms with van der Waals surface area (Å²) in [5.74, 6) is 7.69. The molecule has 1 rings (SSSR count). The molecule has 1 aliphatic rings. The van der Waals surface area contributed by atoms with Crippen molar-refractivity contribution in [2.24, 2.45) is 10.8 Å². The van der Waals surface area contributed by atoms with Gasteiger partial charge in [0.15, 0.2) is 0 Å². The molecule has 4 nitrogen and oxygen atoms in total. The maximum atomic E-state index is 9.95. The Balaban J connectivity index is 2.86. The number of hydrazine groups is 1. The Kier molecular flexibility index (Phi) is 1.34. The molecule has 0 aromatic heterocycles. The minimum absolute atomic E-state index is 0.370. The Bertz CT molecular complexity index is 202. The Morgan fingerprint density at radius 1 is 1.89 bits per heavy atom. The number of nitrogens with two attached hydrogens (primary N) is 1. The first-order chi connectivity index (χ1) is 4.24. The van der Waals surface area contributed by atoms with Crippen LogP contribution in [0.15, 0.2) is 10.7 Å². The molecule has 0 amide bonds. The summed E-state index contributed by atoms with van der Waals surface area (Å²) in [5, 5.41) is 1.40. The van der Waals surface area contributed by atoms with E-state index in [1.54, 1.807) is 12.9 Å². The molecule has 0 saturated heterocycles. The zero-order valence-electron chi connectivity index (χ0n) is 5.09. The molecule has 0 spiro atoms. The van der Waals surface area contributed by atoms with Crippen LogP contribution in [0.1, 0.15) is 6.92 Å². The maximum absolute atomic E-state index is 9.95. The van der Waals surface area contributed by atoms with Crippen molar-refractivity contribution >= 4 is 11.8 Å². The van der Waals surface area contributed by atoms with Crippen LogP contribution in [0.5, 0.6) is 0 Å². The number of nitrogens with zero attached hydrogens (tertiary/aromatic N) is 2. The normalized spacial score (nSPS) is 17.8. The highest BCUT2D eigenvalue weighted by Gasteiger charge is 2.12. The van der Waals surface area contributed by atoms with Gasteiger partial charge in [-0.1, -0.05) is 0 Å². The highest BCUT2D eigenvalue weighted by Crippen LogP contribution is 2.03. The second kappa shape index (κ2) is 2.01. The van der Waals surface area contributed by atoms with E-state index >= 15 is 0 Å². The fourth-order valence-corrected chi connectivity index (χ4v) is 0.626. The molecule has 0 aromatic carbocycles. The van der Waals surface area contributed by atoms with Gasteiger partial charge in [0.05, 0.1) is 6.54 Å². The third-order valence-corrected chi connectivity index (χ3v) is 1.15. The smallest absolute Gasteiger partial charge is 0.150 e. The third-order valence-electron chi connectivity index (χ3n) is 1.15. The lowest BCUT2D eigenvalue weighted by atomic mass is 10.5. The van der Waals surface area contributed by atoms with Gasteiger partial charge in [0, 0.05) is 0 Å². The van der Waals surface area contributed by atoms with E-state index in [2.05, 4.69) is 4.99 Å². The average Bonchev–Trinajstić information content (AvgIpc) is 2.13. The van der Waals surface area contributed by atoms with Gasteiger partial charge in [0.1, 0.15) is 17.5 Å². The number of aliphatic imine (C=N–C) groups is 1. The summed E-state index contributed by atoms with van der Waals surface area (Å²) < 4.78 is 0. The Morgan fingerprint density at radius 3 is 2.78 bits per heavy atom. The highest BCUT2D eigenvalue weighted by molar-refractivity contribution is 5.84. The number of carbonyl (C=O) groups excluding carboxylic acids is 1. The summed E-state index contributed by atoms with van der Waals surface area (Å²) >= 11 is 0. The van der Waals surface area contributed by atoms with Crippen molar-refractivity contribution in [1.82, 2.24) is 5.01 Å². The van der Waals surface area contributed by atoms with Crippen molar-refractivity contribution in [2.75, 3.05) is 6.54 Å². The van der Waals surface area contributed by atoms with Gasteiger partial charge >= 0.3 is 0 Å². The third kappa shape index (κ3) is 0.988. The molecular formula is C5H7N3O. The van der Waals surface area contributed by atoms with Crippen LogP contribution in [-0.4, -0.2) is 23.3 Å². The minimum Gasteiger partial charge on any atom is -0.292 e. The largest absolute Gasteiger partial charge is 0.292 e. The zero-order valence-corrected chi connectivity index (χ0v) is 5.09. The molecule has 0 aromatic rings. The summed E-state index contributed by atoms with van der Waals surface area (Å²) in [7, 11) is 0. The molecule has 0 saturated carbocycles. The van der Waals surface area contributed by atoms with Crippen LogP contribution in [0.25, 0.3) is 0 Å². The molecule has 48 valence electrons. The molecule has 9 heavy (non-hydrogen) atoms. The fraction of sp³-hybridized carbons (Fsp3) is 0.400.